The lowest BCUT2D eigenvalue weighted by Crippen LogP contribution is -2.45. The summed E-state index contributed by atoms with van der Waals surface area (Å²) in [5.74, 6) is -0.748. The Morgan fingerprint density at radius 2 is 1.24 bits per heavy atom. The molecule has 1 atom stereocenters. The second-order valence-electron chi connectivity index (χ2n) is 8.25. The highest BCUT2D eigenvalue weighted by Gasteiger charge is 2.33. The highest BCUT2D eigenvalue weighted by Crippen LogP contribution is 2.33. The smallest absolute Gasteiger partial charge is 0.239 e. The van der Waals surface area contributed by atoms with E-state index >= 15 is 0 Å². The molecule has 0 aliphatic carbocycles. The lowest BCUT2D eigenvalue weighted by Gasteiger charge is -2.33. The summed E-state index contributed by atoms with van der Waals surface area (Å²) in [4.78, 5) is 28.3. The number of carbonyl (C=O) groups is 2. The number of benzene rings is 4. The third-order valence-corrected chi connectivity index (χ3v) is 6.01. The van der Waals surface area contributed by atoms with Crippen molar-refractivity contribution in [2.24, 2.45) is 0 Å². The van der Waals surface area contributed by atoms with E-state index in [1.165, 1.54) is 0 Å². The number of amides is 1. The second-order valence-corrected chi connectivity index (χ2v) is 8.25. The van der Waals surface area contributed by atoms with E-state index in [0.29, 0.717) is 24.2 Å². The molecular formula is C30H28N2O2. The van der Waals surface area contributed by atoms with E-state index in [4.69, 9.17) is 5.73 Å². The zero-order valence-corrected chi connectivity index (χ0v) is 19.0. The van der Waals surface area contributed by atoms with Crippen LogP contribution in [0.2, 0.25) is 0 Å². The van der Waals surface area contributed by atoms with Gasteiger partial charge in [-0.3, -0.25) is 9.69 Å². The molecule has 4 aromatic carbocycles. The Hall–Kier alpha value is -4.18. The standard InChI is InChI=1S/C30H28N2O2/c31-27-18-10-11-19-28(27)32(26(22-33)21-20-23-12-4-1-5-13-23)30(34)29(24-14-6-2-7-15-24)25-16-8-3-9-17-25/h1-19,22,26,29H,20-21,31H2. The Bertz CT molecular complexity index is 1170. The topological polar surface area (TPSA) is 63.4 Å². The van der Waals surface area contributed by atoms with Crippen LogP contribution in [0.15, 0.2) is 115 Å². The van der Waals surface area contributed by atoms with Crippen molar-refractivity contribution in [2.45, 2.75) is 24.8 Å². The first-order valence-electron chi connectivity index (χ1n) is 11.5. The molecule has 4 rings (SSSR count). The van der Waals surface area contributed by atoms with Gasteiger partial charge in [0, 0.05) is 0 Å². The molecule has 0 spiro atoms. The van der Waals surface area contributed by atoms with E-state index in [9.17, 15) is 9.59 Å². The Balaban J connectivity index is 1.77. The first-order valence-corrected chi connectivity index (χ1v) is 11.5. The van der Waals surface area contributed by atoms with Crippen molar-refractivity contribution in [1.82, 2.24) is 0 Å². The molecule has 0 aliphatic rings. The van der Waals surface area contributed by atoms with Crippen LogP contribution >= 0.6 is 0 Å². The predicted molar refractivity (Wildman–Crippen MR) is 138 cm³/mol. The van der Waals surface area contributed by atoms with Crippen LogP contribution in [0.25, 0.3) is 0 Å². The number of nitrogens with two attached hydrogens (primary N) is 1. The van der Waals surface area contributed by atoms with Crippen LogP contribution in [0.3, 0.4) is 0 Å². The summed E-state index contributed by atoms with van der Waals surface area (Å²) < 4.78 is 0. The fourth-order valence-corrected chi connectivity index (χ4v) is 4.29. The van der Waals surface area contributed by atoms with Crippen molar-refractivity contribution in [3.8, 4) is 0 Å². The summed E-state index contributed by atoms with van der Waals surface area (Å²) in [7, 11) is 0. The molecule has 0 bridgehead atoms. The number of nitrogen functional groups attached to an aromatic ring is 1. The largest absolute Gasteiger partial charge is 0.397 e. The Kier molecular flexibility index (Phi) is 7.51. The molecule has 1 unspecified atom stereocenters. The molecule has 0 fully saturated rings. The molecule has 1 amide bonds. The number of aryl methyl sites for hydroxylation is 1. The van der Waals surface area contributed by atoms with Crippen LogP contribution in [-0.4, -0.2) is 18.2 Å². The molecule has 170 valence electrons. The van der Waals surface area contributed by atoms with Crippen molar-refractivity contribution in [1.29, 1.82) is 0 Å². The van der Waals surface area contributed by atoms with Crippen LogP contribution in [0, 0.1) is 0 Å². The molecule has 0 saturated heterocycles. The van der Waals surface area contributed by atoms with Gasteiger partial charge in [0.15, 0.2) is 0 Å². The van der Waals surface area contributed by atoms with E-state index in [1.54, 1.807) is 17.0 Å². The first-order chi connectivity index (χ1) is 16.7. The predicted octanol–water partition coefficient (Wildman–Crippen LogP) is 5.63. The van der Waals surface area contributed by atoms with Crippen LogP contribution < -0.4 is 10.6 Å². The van der Waals surface area contributed by atoms with Gasteiger partial charge in [0.05, 0.1) is 23.3 Å². The van der Waals surface area contributed by atoms with Gasteiger partial charge in [-0.25, -0.2) is 0 Å². The van der Waals surface area contributed by atoms with Gasteiger partial charge in [0.25, 0.3) is 0 Å². The number of nitrogens with zero attached hydrogens (tertiary/aromatic N) is 1. The molecule has 0 aliphatic heterocycles. The molecule has 4 aromatic rings. The van der Waals surface area contributed by atoms with Gasteiger partial charge in [0.1, 0.15) is 6.29 Å². The maximum Gasteiger partial charge on any atom is 0.239 e. The van der Waals surface area contributed by atoms with Crippen LogP contribution in [0.1, 0.15) is 29.0 Å². The van der Waals surface area contributed by atoms with Crippen molar-refractivity contribution in [2.75, 3.05) is 10.6 Å². The van der Waals surface area contributed by atoms with E-state index < -0.39 is 12.0 Å². The van der Waals surface area contributed by atoms with Crippen molar-refractivity contribution < 1.29 is 9.59 Å². The maximum absolute atomic E-state index is 14.3. The van der Waals surface area contributed by atoms with E-state index in [-0.39, 0.29) is 5.91 Å². The Morgan fingerprint density at radius 3 is 1.76 bits per heavy atom. The van der Waals surface area contributed by atoms with Crippen molar-refractivity contribution >= 4 is 23.6 Å². The van der Waals surface area contributed by atoms with Gasteiger partial charge in [-0.15, -0.1) is 0 Å². The zero-order valence-electron chi connectivity index (χ0n) is 19.0. The van der Waals surface area contributed by atoms with E-state index in [1.807, 2.05) is 103 Å². The van der Waals surface area contributed by atoms with Crippen LogP contribution in [-0.2, 0) is 16.0 Å². The van der Waals surface area contributed by atoms with Crippen LogP contribution in [0.5, 0.6) is 0 Å². The average Bonchev–Trinajstić information content (AvgIpc) is 2.89. The summed E-state index contributed by atoms with van der Waals surface area (Å²) in [6.45, 7) is 0. The molecule has 0 radical (unpaired) electrons. The summed E-state index contributed by atoms with van der Waals surface area (Å²) in [5.41, 5.74) is 10.2. The number of anilines is 2. The number of aldehydes is 1. The molecule has 34 heavy (non-hydrogen) atoms. The minimum Gasteiger partial charge on any atom is -0.397 e. The third kappa shape index (κ3) is 5.24. The van der Waals surface area contributed by atoms with E-state index in [2.05, 4.69) is 0 Å². The maximum atomic E-state index is 14.3. The van der Waals surface area contributed by atoms with Gasteiger partial charge in [0.2, 0.25) is 5.91 Å². The first kappa shape index (κ1) is 23.0. The number of carbonyl (C=O) groups excluding carboxylic acids is 2. The molecule has 0 heterocycles. The third-order valence-electron chi connectivity index (χ3n) is 6.01. The zero-order chi connectivity index (χ0) is 23.8. The fourth-order valence-electron chi connectivity index (χ4n) is 4.29. The highest BCUT2D eigenvalue weighted by molar-refractivity contribution is 6.04. The summed E-state index contributed by atoms with van der Waals surface area (Å²) >= 11 is 0. The van der Waals surface area contributed by atoms with Crippen LogP contribution in [0.4, 0.5) is 11.4 Å². The fraction of sp³-hybridized carbons (Fsp3) is 0.133. The lowest BCUT2D eigenvalue weighted by atomic mass is 9.89. The van der Waals surface area contributed by atoms with Gasteiger partial charge < -0.3 is 10.5 Å². The number of hydrogen-bond acceptors (Lipinski definition) is 3. The number of para-hydroxylation sites is 2. The van der Waals surface area contributed by atoms with E-state index in [0.717, 1.165) is 23.0 Å². The Labute approximate surface area is 200 Å². The second kappa shape index (κ2) is 11.1. The molecule has 0 aromatic heterocycles. The van der Waals surface area contributed by atoms with Crippen molar-refractivity contribution in [3.63, 3.8) is 0 Å². The number of rotatable bonds is 9. The Morgan fingerprint density at radius 1 is 0.735 bits per heavy atom. The quantitative estimate of drug-likeness (QED) is 0.266. The average molecular weight is 449 g/mol. The molecule has 4 heteroatoms. The molecular weight excluding hydrogens is 420 g/mol. The molecule has 0 saturated carbocycles. The molecule has 4 nitrogen and oxygen atoms in total. The van der Waals surface area contributed by atoms with Gasteiger partial charge in [-0.1, -0.05) is 103 Å². The SMILES string of the molecule is Nc1ccccc1N(C(=O)C(c1ccccc1)c1ccccc1)C(C=O)CCc1ccccc1. The monoisotopic (exact) mass is 448 g/mol. The normalized spacial score (nSPS) is 11.7. The summed E-state index contributed by atoms with van der Waals surface area (Å²) in [5, 5.41) is 0. The van der Waals surface area contributed by atoms with Gasteiger partial charge >= 0.3 is 0 Å². The van der Waals surface area contributed by atoms with Gasteiger partial charge in [-0.2, -0.15) is 0 Å². The highest BCUT2D eigenvalue weighted by atomic mass is 16.2. The lowest BCUT2D eigenvalue weighted by molar-refractivity contribution is -0.121. The minimum atomic E-state index is -0.660. The minimum absolute atomic E-state index is 0.180. The summed E-state index contributed by atoms with van der Waals surface area (Å²) in [6.07, 6.45) is 2.02. The van der Waals surface area contributed by atoms with Crippen molar-refractivity contribution in [3.05, 3.63) is 132 Å². The van der Waals surface area contributed by atoms with Gasteiger partial charge in [-0.05, 0) is 41.7 Å². The summed E-state index contributed by atoms with van der Waals surface area (Å²) in [6, 6.07) is 35.9. The molecule has 2 N–H and O–H groups in total. The number of hydrogen-bond donors (Lipinski definition) is 1.